The normalized spacial score (nSPS) is 12.1. The van der Waals surface area contributed by atoms with Crippen LogP contribution in [0, 0.1) is 0 Å². The average molecular weight is 458 g/mol. The number of nitrogens with zero attached hydrogens (tertiary/aromatic N) is 3. The van der Waals surface area contributed by atoms with E-state index < -0.39 is 15.7 Å². The molecule has 10 nitrogen and oxygen atoms in total. The smallest absolute Gasteiger partial charge is 0.257 e. The zero-order valence-electron chi connectivity index (χ0n) is 17.7. The molecule has 0 saturated heterocycles. The average Bonchev–Trinajstić information content (AvgIpc) is 2.74. The summed E-state index contributed by atoms with van der Waals surface area (Å²) < 4.78 is 39.8. The van der Waals surface area contributed by atoms with Crippen LogP contribution in [-0.4, -0.2) is 55.6 Å². The second-order valence-corrected chi connectivity index (χ2v) is 8.84. The lowest BCUT2D eigenvalue weighted by Crippen LogP contribution is -2.19. The van der Waals surface area contributed by atoms with E-state index in [1.807, 2.05) is 0 Å². The van der Waals surface area contributed by atoms with Gasteiger partial charge in [0.15, 0.2) is 15.7 Å². The SMILES string of the molecule is COCC(C)Oc1cc(C(=O)Nc2cccnn2)cc(Oc2ccc(S(C)(=O)=O)cc2)n1. The third-order valence-corrected chi connectivity index (χ3v) is 5.18. The molecule has 32 heavy (non-hydrogen) atoms. The third kappa shape index (κ3) is 6.46. The van der Waals surface area contributed by atoms with Crippen LogP contribution in [0.1, 0.15) is 17.3 Å². The molecule has 2 aromatic heterocycles. The van der Waals surface area contributed by atoms with Gasteiger partial charge in [0.2, 0.25) is 11.8 Å². The van der Waals surface area contributed by atoms with Gasteiger partial charge >= 0.3 is 0 Å². The van der Waals surface area contributed by atoms with Gasteiger partial charge in [0.1, 0.15) is 11.9 Å². The fourth-order valence-electron chi connectivity index (χ4n) is 2.63. The minimum atomic E-state index is -3.33. The van der Waals surface area contributed by atoms with Crippen LogP contribution in [0.2, 0.25) is 0 Å². The van der Waals surface area contributed by atoms with Crippen molar-refractivity contribution in [1.29, 1.82) is 0 Å². The number of ether oxygens (including phenoxy) is 3. The Bertz CT molecular complexity index is 1170. The van der Waals surface area contributed by atoms with Gasteiger partial charge < -0.3 is 19.5 Å². The van der Waals surface area contributed by atoms with Crippen LogP contribution in [0.4, 0.5) is 5.82 Å². The lowest BCUT2D eigenvalue weighted by molar-refractivity contribution is 0.0882. The number of sulfone groups is 1. The minimum Gasteiger partial charge on any atom is -0.472 e. The molecule has 1 N–H and O–H groups in total. The van der Waals surface area contributed by atoms with Crippen molar-refractivity contribution in [1.82, 2.24) is 15.2 Å². The van der Waals surface area contributed by atoms with Crippen LogP contribution in [0.3, 0.4) is 0 Å². The Morgan fingerprint density at radius 2 is 1.84 bits per heavy atom. The number of carbonyl (C=O) groups is 1. The van der Waals surface area contributed by atoms with Gasteiger partial charge in [-0.3, -0.25) is 4.79 Å². The number of amides is 1. The largest absolute Gasteiger partial charge is 0.472 e. The second kappa shape index (κ2) is 10.2. The highest BCUT2D eigenvalue weighted by atomic mass is 32.2. The minimum absolute atomic E-state index is 0.0866. The summed E-state index contributed by atoms with van der Waals surface area (Å²) in [4.78, 5) is 17.2. The van der Waals surface area contributed by atoms with E-state index in [0.717, 1.165) is 6.26 Å². The number of hydrogen-bond donors (Lipinski definition) is 1. The highest BCUT2D eigenvalue weighted by Gasteiger charge is 2.15. The summed E-state index contributed by atoms with van der Waals surface area (Å²) in [6, 6.07) is 12.0. The molecule has 1 unspecified atom stereocenters. The van der Waals surface area contributed by atoms with Crippen molar-refractivity contribution < 1.29 is 27.4 Å². The van der Waals surface area contributed by atoms with Crippen molar-refractivity contribution in [2.45, 2.75) is 17.9 Å². The van der Waals surface area contributed by atoms with Gasteiger partial charge in [-0.2, -0.15) is 10.1 Å². The summed E-state index contributed by atoms with van der Waals surface area (Å²) in [5.74, 6) is 0.401. The van der Waals surface area contributed by atoms with E-state index in [-0.39, 0.29) is 34.1 Å². The third-order valence-electron chi connectivity index (χ3n) is 4.05. The molecule has 0 aliphatic heterocycles. The molecule has 2 heterocycles. The highest BCUT2D eigenvalue weighted by Crippen LogP contribution is 2.26. The molecule has 0 fully saturated rings. The number of anilines is 1. The Hall–Kier alpha value is -3.57. The van der Waals surface area contributed by atoms with Crippen molar-refractivity contribution in [3.63, 3.8) is 0 Å². The van der Waals surface area contributed by atoms with Crippen molar-refractivity contribution in [3.8, 4) is 17.5 Å². The summed E-state index contributed by atoms with van der Waals surface area (Å²) in [6.45, 7) is 2.11. The lowest BCUT2D eigenvalue weighted by Gasteiger charge is -2.15. The predicted octanol–water partition coefficient (Wildman–Crippen LogP) is 2.73. The number of methoxy groups -OCH3 is 1. The van der Waals surface area contributed by atoms with E-state index >= 15 is 0 Å². The van der Waals surface area contributed by atoms with Gasteiger partial charge in [-0.15, -0.1) is 5.10 Å². The summed E-state index contributed by atoms with van der Waals surface area (Å²) >= 11 is 0. The van der Waals surface area contributed by atoms with E-state index in [0.29, 0.717) is 12.4 Å². The number of aromatic nitrogens is 3. The van der Waals surface area contributed by atoms with Gasteiger partial charge in [0.05, 0.1) is 17.1 Å². The molecule has 0 radical (unpaired) electrons. The topological polar surface area (TPSA) is 130 Å². The van der Waals surface area contributed by atoms with Gasteiger partial charge in [-0.25, -0.2) is 8.42 Å². The molecule has 1 amide bonds. The van der Waals surface area contributed by atoms with E-state index in [4.69, 9.17) is 14.2 Å². The number of nitrogens with one attached hydrogen (secondary N) is 1. The maximum atomic E-state index is 12.7. The molecule has 0 saturated carbocycles. The summed E-state index contributed by atoms with van der Waals surface area (Å²) in [6.07, 6.45) is 2.29. The van der Waals surface area contributed by atoms with Crippen molar-refractivity contribution >= 4 is 21.6 Å². The zero-order chi connectivity index (χ0) is 23.1. The monoisotopic (exact) mass is 458 g/mol. The molecule has 0 bridgehead atoms. The molecule has 3 aromatic rings. The van der Waals surface area contributed by atoms with Crippen molar-refractivity contribution in [3.05, 3.63) is 60.3 Å². The first-order valence-electron chi connectivity index (χ1n) is 9.49. The number of hydrogen-bond acceptors (Lipinski definition) is 9. The van der Waals surface area contributed by atoms with Gasteiger partial charge in [-0.05, 0) is 43.3 Å². The van der Waals surface area contributed by atoms with Crippen LogP contribution in [0.5, 0.6) is 17.5 Å². The first kappa shape index (κ1) is 23.1. The fourth-order valence-corrected chi connectivity index (χ4v) is 3.26. The standard InChI is InChI=1S/C21H22N4O6S/c1-14(13-29-2)30-19-11-15(21(26)23-18-5-4-10-22-25-18)12-20(24-19)31-16-6-8-17(9-7-16)32(3,27)28/h4-12,14H,13H2,1-3H3,(H,23,25,26). The molecule has 0 spiro atoms. The second-order valence-electron chi connectivity index (χ2n) is 6.82. The molecule has 11 heteroatoms. The predicted molar refractivity (Wildman–Crippen MR) is 116 cm³/mol. The zero-order valence-corrected chi connectivity index (χ0v) is 18.5. The van der Waals surface area contributed by atoms with E-state index in [9.17, 15) is 13.2 Å². The highest BCUT2D eigenvalue weighted by molar-refractivity contribution is 7.90. The maximum absolute atomic E-state index is 12.7. The Morgan fingerprint density at radius 1 is 1.12 bits per heavy atom. The number of carbonyl (C=O) groups excluding carboxylic acids is 1. The van der Waals surface area contributed by atoms with Crippen LogP contribution in [-0.2, 0) is 14.6 Å². The van der Waals surface area contributed by atoms with Crippen molar-refractivity contribution in [2.24, 2.45) is 0 Å². The summed E-state index contributed by atoms with van der Waals surface area (Å²) in [7, 11) is -1.78. The van der Waals surface area contributed by atoms with Gasteiger partial charge in [0.25, 0.3) is 5.91 Å². The van der Waals surface area contributed by atoms with E-state index in [1.54, 1.807) is 26.2 Å². The molecular formula is C21H22N4O6S. The lowest BCUT2D eigenvalue weighted by atomic mass is 10.2. The first-order chi connectivity index (χ1) is 15.2. The quantitative estimate of drug-likeness (QED) is 0.514. The maximum Gasteiger partial charge on any atom is 0.257 e. The number of rotatable bonds is 9. The van der Waals surface area contributed by atoms with Crippen LogP contribution < -0.4 is 14.8 Å². The van der Waals surface area contributed by atoms with E-state index in [1.165, 1.54) is 42.6 Å². The molecule has 0 aliphatic rings. The molecule has 0 aliphatic carbocycles. The molecule has 1 aromatic carbocycles. The Labute approximate surface area is 185 Å². The van der Waals surface area contributed by atoms with Crippen molar-refractivity contribution in [2.75, 3.05) is 25.3 Å². The summed E-state index contributed by atoms with van der Waals surface area (Å²) in [5.41, 5.74) is 0.216. The number of pyridine rings is 1. The molecular weight excluding hydrogens is 436 g/mol. The Kier molecular flexibility index (Phi) is 7.33. The van der Waals surface area contributed by atoms with Crippen LogP contribution in [0.25, 0.3) is 0 Å². The van der Waals surface area contributed by atoms with Crippen LogP contribution in [0.15, 0.2) is 59.6 Å². The van der Waals surface area contributed by atoms with Gasteiger partial charge in [0, 0.05) is 31.7 Å². The summed E-state index contributed by atoms with van der Waals surface area (Å²) in [5, 5.41) is 10.2. The fraction of sp³-hybridized carbons (Fsp3) is 0.238. The Balaban J connectivity index is 1.88. The van der Waals surface area contributed by atoms with Crippen LogP contribution >= 0.6 is 0 Å². The first-order valence-corrected chi connectivity index (χ1v) is 11.4. The molecule has 3 rings (SSSR count). The molecule has 1 atom stereocenters. The Morgan fingerprint density at radius 3 is 2.47 bits per heavy atom. The number of benzene rings is 1. The van der Waals surface area contributed by atoms with Gasteiger partial charge in [-0.1, -0.05) is 0 Å². The molecule has 168 valence electrons. The van der Waals surface area contributed by atoms with E-state index in [2.05, 4.69) is 20.5 Å².